The third kappa shape index (κ3) is 3.40. The molecule has 0 spiro atoms. The van der Waals surface area contributed by atoms with Crippen molar-refractivity contribution in [1.29, 1.82) is 0 Å². The van der Waals surface area contributed by atoms with Crippen molar-refractivity contribution in [3.63, 3.8) is 0 Å². The second-order valence-corrected chi connectivity index (χ2v) is 4.94. The first kappa shape index (κ1) is 12.8. The number of hydrogen-bond acceptors (Lipinski definition) is 4. The maximum atomic E-state index is 11.9. The van der Waals surface area contributed by atoms with Crippen LogP contribution in [0.15, 0.2) is 0 Å². The molecule has 2 aliphatic rings. The molecule has 0 aromatic heterocycles. The van der Waals surface area contributed by atoms with Crippen molar-refractivity contribution >= 4 is 5.91 Å². The fraction of sp³-hybridized carbons (Fsp3) is 0.917. The fourth-order valence-corrected chi connectivity index (χ4v) is 2.44. The first-order valence-corrected chi connectivity index (χ1v) is 6.35. The normalized spacial score (nSPS) is 27.9. The molecule has 0 bridgehead atoms. The predicted molar refractivity (Wildman–Crippen MR) is 61.6 cm³/mol. The van der Waals surface area contributed by atoms with Crippen LogP contribution in [0.3, 0.4) is 0 Å². The highest BCUT2D eigenvalue weighted by molar-refractivity contribution is 5.77. The van der Waals surface area contributed by atoms with Gasteiger partial charge in [0.1, 0.15) is 0 Å². The molecular formula is C12H21NO4. The molecule has 5 nitrogen and oxygen atoms in total. The molecule has 1 atom stereocenters. The second kappa shape index (κ2) is 5.80. The highest BCUT2D eigenvalue weighted by Gasteiger charge is 2.34. The first-order valence-electron chi connectivity index (χ1n) is 6.35. The van der Waals surface area contributed by atoms with Gasteiger partial charge in [-0.05, 0) is 25.7 Å². The lowest BCUT2D eigenvalue weighted by Crippen LogP contribution is -2.55. The van der Waals surface area contributed by atoms with E-state index in [2.05, 4.69) is 5.32 Å². The first-order chi connectivity index (χ1) is 8.24. The van der Waals surface area contributed by atoms with Crippen LogP contribution < -0.4 is 5.32 Å². The van der Waals surface area contributed by atoms with E-state index in [0.717, 1.165) is 19.4 Å². The summed E-state index contributed by atoms with van der Waals surface area (Å²) in [6, 6.07) is 0. The summed E-state index contributed by atoms with van der Waals surface area (Å²) in [7, 11) is 0. The summed E-state index contributed by atoms with van der Waals surface area (Å²) in [5, 5.41) is 12.4. The minimum absolute atomic E-state index is 0.0202. The standard InChI is InChI=1S/C12H21NO4/c14-9-12(3-6-16-7-4-12)13-11(15)8-10-2-1-5-17-10/h10,14H,1-9H2,(H,13,15). The van der Waals surface area contributed by atoms with Crippen molar-refractivity contribution in [1.82, 2.24) is 5.32 Å². The van der Waals surface area contributed by atoms with Gasteiger partial charge in [0.25, 0.3) is 0 Å². The zero-order valence-electron chi connectivity index (χ0n) is 10.1. The van der Waals surface area contributed by atoms with E-state index < -0.39 is 5.54 Å². The lowest BCUT2D eigenvalue weighted by molar-refractivity contribution is -0.127. The molecule has 98 valence electrons. The molecule has 0 aromatic rings. The number of hydrogen-bond donors (Lipinski definition) is 2. The van der Waals surface area contributed by atoms with E-state index in [1.807, 2.05) is 0 Å². The Morgan fingerprint density at radius 2 is 2.12 bits per heavy atom. The number of carbonyl (C=O) groups excluding carboxylic acids is 1. The Bertz CT molecular complexity index is 257. The number of rotatable bonds is 4. The summed E-state index contributed by atoms with van der Waals surface area (Å²) in [5.41, 5.74) is -0.478. The lowest BCUT2D eigenvalue weighted by atomic mass is 9.90. The molecular weight excluding hydrogens is 222 g/mol. The smallest absolute Gasteiger partial charge is 0.223 e. The number of aliphatic hydroxyl groups excluding tert-OH is 1. The number of ether oxygens (including phenoxy) is 2. The Labute approximate surface area is 101 Å². The zero-order valence-corrected chi connectivity index (χ0v) is 10.1. The molecule has 2 N–H and O–H groups in total. The Morgan fingerprint density at radius 3 is 2.71 bits per heavy atom. The van der Waals surface area contributed by atoms with Gasteiger partial charge in [-0.1, -0.05) is 0 Å². The van der Waals surface area contributed by atoms with Crippen molar-refractivity contribution in [3.05, 3.63) is 0 Å². The summed E-state index contributed by atoms with van der Waals surface area (Å²) >= 11 is 0. The second-order valence-electron chi connectivity index (χ2n) is 4.94. The number of nitrogens with one attached hydrogen (secondary N) is 1. The van der Waals surface area contributed by atoms with Crippen LogP contribution in [0, 0.1) is 0 Å². The van der Waals surface area contributed by atoms with E-state index >= 15 is 0 Å². The van der Waals surface area contributed by atoms with E-state index in [9.17, 15) is 9.90 Å². The van der Waals surface area contributed by atoms with Crippen LogP contribution in [-0.2, 0) is 14.3 Å². The van der Waals surface area contributed by atoms with Crippen molar-refractivity contribution in [3.8, 4) is 0 Å². The Balaban J connectivity index is 1.82. The molecule has 1 unspecified atom stereocenters. The van der Waals surface area contributed by atoms with Crippen LogP contribution in [0.5, 0.6) is 0 Å². The number of amides is 1. The van der Waals surface area contributed by atoms with Crippen molar-refractivity contribution in [2.24, 2.45) is 0 Å². The van der Waals surface area contributed by atoms with Gasteiger partial charge in [0.05, 0.1) is 24.7 Å². The molecule has 2 fully saturated rings. The highest BCUT2D eigenvalue weighted by atomic mass is 16.5. The Morgan fingerprint density at radius 1 is 1.35 bits per heavy atom. The molecule has 0 radical (unpaired) electrons. The van der Waals surface area contributed by atoms with E-state index in [-0.39, 0.29) is 18.6 Å². The maximum Gasteiger partial charge on any atom is 0.223 e. The average molecular weight is 243 g/mol. The quantitative estimate of drug-likeness (QED) is 0.741. The van der Waals surface area contributed by atoms with Crippen LogP contribution in [-0.4, -0.2) is 49.1 Å². The van der Waals surface area contributed by atoms with Gasteiger partial charge in [0.15, 0.2) is 0 Å². The molecule has 2 saturated heterocycles. The van der Waals surface area contributed by atoms with Gasteiger partial charge >= 0.3 is 0 Å². The number of aliphatic hydroxyl groups is 1. The molecule has 1 amide bonds. The lowest BCUT2D eigenvalue weighted by Gasteiger charge is -2.36. The van der Waals surface area contributed by atoms with Gasteiger partial charge in [-0.3, -0.25) is 4.79 Å². The minimum Gasteiger partial charge on any atom is -0.394 e. The number of carbonyl (C=O) groups is 1. The zero-order chi connectivity index (χ0) is 12.1. The molecule has 5 heteroatoms. The van der Waals surface area contributed by atoms with E-state index in [1.54, 1.807) is 0 Å². The summed E-state index contributed by atoms with van der Waals surface area (Å²) in [5.74, 6) is -0.0205. The monoisotopic (exact) mass is 243 g/mol. The molecule has 2 heterocycles. The molecule has 0 aliphatic carbocycles. The van der Waals surface area contributed by atoms with Gasteiger partial charge in [0, 0.05) is 19.8 Å². The van der Waals surface area contributed by atoms with E-state index in [1.165, 1.54) is 0 Å². The maximum absolute atomic E-state index is 11.9. The van der Waals surface area contributed by atoms with Crippen LogP contribution in [0.4, 0.5) is 0 Å². The van der Waals surface area contributed by atoms with Crippen LogP contribution in [0.25, 0.3) is 0 Å². The molecule has 0 aromatic carbocycles. The predicted octanol–water partition coefficient (Wildman–Crippen LogP) is 0.213. The minimum atomic E-state index is -0.478. The van der Waals surface area contributed by atoms with Crippen molar-refractivity contribution in [2.75, 3.05) is 26.4 Å². The van der Waals surface area contributed by atoms with Gasteiger partial charge in [0.2, 0.25) is 5.91 Å². The molecule has 17 heavy (non-hydrogen) atoms. The van der Waals surface area contributed by atoms with Crippen LogP contribution in [0.2, 0.25) is 0 Å². The van der Waals surface area contributed by atoms with Crippen molar-refractivity contribution in [2.45, 2.75) is 43.7 Å². The van der Waals surface area contributed by atoms with Crippen molar-refractivity contribution < 1.29 is 19.4 Å². The summed E-state index contributed by atoms with van der Waals surface area (Å²) in [6.45, 7) is 1.94. The Kier molecular flexibility index (Phi) is 4.36. The topological polar surface area (TPSA) is 67.8 Å². The third-order valence-corrected chi connectivity index (χ3v) is 3.59. The van der Waals surface area contributed by atoms with E-state index in [4.69, 9.17) is 9.47 Å². The molecule has 2 rings (SSSR count). The molecule has 2 aliphatic heterocycles. The van der Waals surface area contributed by atoms with Gasteiger partial charge in [-0.2, -0.15) is 0 Å². The van der Waals surface area contributed by atoms with Gasteiger partial charge in [-0.15, -0.1) is 0 Å². The third-order valence-electron chi connectivity index (χ3n) is 3.59. The average Bonchev–Trinajstić information content (AvgIpc) is 2.83. The largest absolute Gasteiger partial charge is 0.394 e. The van der Waals surface area contributed by atoms with Gasteiger partial charge < -0.3 is 19.9 Å². The van der Waals surface area contributed by atoms with Crippen LogP contribution in [0.1, 0.15) is 32.1 Å². The summed E-state index contributed by atoms with van der Waals surface area (Å²) < 4.78 is 10.7. The fourth-order valence-electron chi connectivity index (χ4n) is 2.44. The molecule has 0 saturated carbocycles. The van der Waals surface area contributed by atoms with Crippen LogP contribution >= 0.6 is 0 Å². The summed E-state index contributed by atoms with van der Waals surface area (Å²) in [4.78, 5) is 11.9. The SMILES string of the molecule is O=C(CC1CCCO1)NC1(CO)CCOCC1. The Hall–Kier alpha value is -0.650. The van der Waals surface area contributed by atoms with Gasteiger partial charge in [-0.25, -0.2) is 0 Å². The summed E-state index contributed by atoms with van der Waals surface area (Å²) in [6.07, 6.45) is 3.83. The highest BCUT2D eigenvalue weighted by Crippen LogP contribution is 2.21. The van der Waals surface area contributed by atoms with E-state index in [0.29, 0.717) is 32.5 Å².